The number of nitrogens with two attached hydrogens (primary N) is 1. The fourth-order valence-electron chi connectivity index (χ4n) is 2.04. The summed E-state index contributed by atoms with van der Waals surface area (Å²) in [6, 6.07) is 10.6. The van der Waals surface area contributed by atoms with E-state index in [-0.39, 0.29) is 22.5 Å². The first kappa shape index (κ1) is 14.2. The summed E-state index contributed by atoms with van der Waals surface area (Å²) >= 11 is 0. The number of H-pyrrole nitrogens is 1. The zero-order chi connectivity index (χ0) is 15.4. The molecule has 21 heavy (non-hydrogen) atoms. The summed E-state index contributed by atoms with van der Waals surface area (Å²) in [5.41, 5.74) is 5.74. The minimum absolute atomic E-state index is 0.0571. The first-order chi connectivity index (χ1) is 10.1. The number of pyridine rings is 1. The third kappa shape index (κ3) is 2.56. The maximum Gasteiger partial charge on any atom is 0.268 e. The summed E-state index contributed by atoms with van der Waals surface area (Å²) in [5, 5.41) is 18.4. The number of ether oxygens (including phenoxy) is 1. The van der Waals surface area contributed by atoms with Gasteiger partial charge in [-0.15, -0.1) is 0 Å². The number of aromatic nitrogens is 1. The Morgan fingerprint density at radius 3 is 2.62 bits per heavy atom. The van der Waals surface area contributed by atoms with Crippen LogP contribution in [-0.2, 0) is 0 Å². The highest BCUT2D eigenvalue weighted by molar-refractivity contribution is 5.80. The SMILES string of the molecule is CCOc1cccc(-c2c(C#N)c(N)[nH]c(=O)c2C#N)c1. The second-order valence-corrected chi connectivity index (χ2v) is 4.18. The summed E-state index contributed by atoms with van der Waals surface area (Å²) in [6.07, 6.45) is 0. The van der Waals surface area contributed by atoms with Crippen LogP contribution in [0.1, 0.15) is 18.1 Å². The summed E-state index contributed by atoms with van der Waals surface area (Å²) in [6.45, 7) is 2.33. The van der Waals surface area contributed by atoms with Crippen LogP contribution in [0.2, 0.25) is 0 Å². The lowest BCUT2D eigenvalue weighted by molar-refractivity contribution is 0.340. The van der Waals surface area contributed by atoms with Crippen molar-refractivity contribution in [2.24, 2.45) is 0 Å². The van der Waals surface area contributed by atoms with E-state index in [0.29, 0.717) is 17.9 Å². The Kier molecular flexibility index (Phi) is 3.92. The fraction of sp³-hybridized carbons (Fsp3) is 0.133. The summed E-state index contributed by atoms with van der Waals surface area (Å²) in [7, 11) is 0. The summed E-state index contributed by atoms with van der Waals surface area (Å²) in [4.78, 5) is 14.2. The topological polar surface area (TPSA) is 116 Å². The zero-order valence-corrected chi connectivity index (χ0v) is 11.3. The lowest BCUT2D eigenvalue weighted by atomic mass is 9.96. The molecule has 0 aliphatic heterocycles. The van der Waals surface area contributed by atoms with Crippen LogP contribution < -0.4 is 16.0 Å². The van der Waals surface area contributed by atoms with Gasteiger partial charge in [-0.05, 0) is 24.6 Å². The molecular formula is C15H12N4O2. The minimum Gasteiger partial charge on any atom is -0.494 e. The Labute approximate surface area is 121 Å². The van der Waals surface area contributed by atoms with Crippen LogP contribution in [0.25, 0.3) is 11.1 Å². The smallest absolute Gasteiger partial charge is 0.268 e. The van der Waals surface area contributed by atoms with E-state index in [1.165, 1.54) is 0 Å². The first-order valence-corrected chi connectivity index (χ1v) is 6.21. The van der Waals surface area contributed by atoms with Gasteiger partial charge in [-0.1, -0.05) is 12.1 Å². The van der Waals surface area contributed by atoms with E-state index in [9.17, 15) is 15.3 Å². The molecule has 6 heteroatoms. The molecule has 0 fully saturated rings. The van der Waals surface area contributed by atoms with Crippen molar-refractivity contribution in [1.29, 1.82) is 10.5 Å². The molecule has 2 aromatic rings. The van der Waals surface area contributed by atoms with E-state index >= 15 is 0 Å². The molecule has 1 heterocycles. The van der Waals surface area contributed by atoms with Gasteiger partial charge in [-0.25, -0.2) is 0 Å². The maximum atomic E-state index is 11.8. The molecule has 0 bridgehead atoms. The predicted molar refractivity (Wildman–Crippen MR) is 77.5 cm³/mol. The molecule has 0 aliphatic carbocycles. The van der Waals surface area contributed by atoms with Crippen LogP contribution in [0.5, 0.6) is 5.75 Å². The summed E-state index contributed by atoms with van der Waals surface area (Å²) in [5.74, 6) is 0.528. The van der Waals surface area contributed by atoms with Gasteiger partial charge in [-0.3, -0.25) is 4.79 Å². The van der Waals surface area contributed by atoms with Gasteiger partial charge < -0.3 is 15.5 Å². The van der Waals surface area contributed by atoms with Gasteiger partial charge in [0.2, 0.25) is 0 Å². The van der Waals surface area contributed by atoms with Gasteiger partial charge >= 0.3 is 0 Å². The molecular weight excluding hydrogens is 268 g/mol. The lowest BCUT2D eigenvalue weighted by Crippen LogP contribution is -2.16. The van der Waals surface area contributed by atoms with Crippen LogP contribution in [0, 0.1) is 22.7 Å². The minimum atomic E-state index is -0.620. The quantitative estimate of drug-likeness (QED) is 0.888. The summed E-state index contributed by atoms with van der Waals surface area (Å²) < 4.78 is 5.39. The van der Waals surface area contributed by atoms with E-state index in [1.807, 2.05) is 19.1 Å². The molecule has 3 N–H and O–H groups in total. The van der Waals surface area contributed by atoms with Crippen molar-refractivity contribution < 1.29 is 4.74 Å². The molecule has 0 saturated heterocycles. The van der Waals surface area contributed by atoms with Gasteiger partial charge in [-0.2, -0.15) is 10.5 Å². The number of rotatable bonds is 3. The number of aromatic amines is 1. The second-order valence-electron chi connectivity index (χ2n) is 4.18. The lowest BCUT2D eigenvalue weighted by Gasteiger charge is -2.10. The Morgan fingerprint density at radius 1 is 1.29 bits per heavy atom. The third-order valence-corrected chi connectivity index (χ3v) is 2.90. The Morgan fingerprint density at radius 2 is 2.00 bits per heavy atom. The highest BCUT2D eigenvalue weighted by Gasteiger charge is 2.18. The van der Waals surface area contributed by atoms with Crippen molar-refractivity contribution in [3.8, 4) is 29.0 Å². The molecule has 0 spiro atoms. The Hall–Kier alpha value is -3.25. The average Bonchev–Trinajstić information content (AvgIpc) is 2.47. The monoisotopic (exact) mass is 280 g/mol. The number of hydrogen-bond donors (Lipinski definition) is 2. The van der Waals surface area contributed by atoms with Crippen molar-refractivity contribution in [2.45, 2.75) is 6.92 Å². The Bertz CT molecular complexity index is 825. The molecule has 2 rings (SSSR count). The molecule has 1 aromatic carbocycles. The van der Waals surface area contributed by atoms with Gasteiger partial charge in [0.15, 0.2) is 0 Å². The second kappa shape index (κ2) is 5.81. The van der Waals surface area contributed by atoms with E-state index < -0.39 is 5.56 Å². The number of nitrogens with zero attached hydrogens (tertiary/aromatic N) is 2. The van der Waals surface area contributed by atoms with E-state index in [2.05, 4.69) is 4.98 Å². The van der Waals surface area contributed by atoms with Crippen molar-refractivity contribution in [2.75, 3.05) is 12.3 Å². The van der Waals surface area contributed by atoms with E-state index in [0.717, 1.165) is 0 Å². The van der Waals surface area contributed by atoms with Crippen molar-refractivity contribution in [1.82, 2.24) is 4.98 Å². The molecule has 0 aliphatic rings. The molecule has 0 unspecified atom stereocenters. The van der Waals surface area contributed by atoms with Crippen molar-refractivity contribution in [3.05, 3.63) is 45.7 Å². The Balaban J connectivity index is 2.80. The number of nitriles is 2. The van der Waals surface area contributed by atoms with Gasteiger partial charge in [0, 0.05) is 5.56 Å². The molecule has 0 amide bonds. The molecule has 104 valence electrons. The predicted octanol–water partition coefficient (Wildman–Crippen LogP) is 1.77. The van der Waals surface area contributed by atoms with Crippen LogP contribution in [-0.4, -0.2) is 11.6 Å². The first-order valence-electron chi connectivity index (χ1n) is 6.21. The van der Waals surface area contributed by atoms with E-state index in [1.54, 1.807) is 24.3 Å². The van der Waals surface area contributed by atoms with Crippen LogP contribution >= 0.6 is 0 Å². The van der Waals surface area contributed by atoms with Crippen molar-refractivity contribution >= 4 is 5.82 Å². The highest BCUT2D eigenvalue weighted by Crippen LogP contribution is 2.30. The van der Waals surface area contributed by atoms with Crippen LogP contribution in [0.3, 0.4) is 0 Å². The standard InChI is InChI=1S/C15H12N4O2/c1-2-21-10-5-3-4-9(6-10)13-11(7-16)14(18)19-15(20)12(13)8-17/h3-6H,2H2,1H3,(H3,18,19,20). The molecule has 1 aromatic heterocycles. The maximum absolute atomic E-state index is 11.8. The molecule has 0 atom stereocenters. The number of anilines is 1. The highest BCUT2D eigenvalue weighted by atomic mass is 16.5. The number of benzene rings is 1. The van der Waals surface area contributed by atoms with Gasteiger partial charge in [0.1, 0.15) is 34.8 Å². The van der Waals surface area contributed by atoms with Crippen LogP contribution in [0.4, 0.5) is 5.82 Å². The number of nitrogens with one attached hydrogen (secondary N) is 1. The van der Waals surface area contributed by atoms with E-state index in [4.69, 9.17) is 10.5 Å². The average molecular weight is 280 g/mol. The van der Waals surface area contributed by atoms with Gasteiger partial charge in [0.25, 0.3) is 5.56 Å². The number of hydrogen-bond acceptors (Lipinski definition) is 5. The van der Waals surface area contributed by atoms with Crippen LogP contribution in [0.15, 0.2) is 29.1 Å². The molecule has 0 saturated carbocycles. The third-order valence-electron chi connectivity index (χ3n) is 2.90. The largest absolute Gasteiger partial charge is 0.494 e. The van der Waals surface area contributed by atoms with Crippen molar-refractivity contribution in [3.63, 3.8) is 0 Å². The molecule has 6 nitrogen and oxygen atoms in total. The normalized spacial score (nSPS) is 9.67. The number of nitrogen functional groups attached to an aromatic ring is 1. The van der Waals surface area contributed by atoms with Gasteiger partial charge in [0.05, 0.1) is 6.61 Å². The fourth-order valence-corrected chi connectivity index (χ4v) is 2.04. The molecule has 0 radical (unpaired) electrons. The zero-order valence-electron chi connectivity index (χ0n) is 11.3.